The molecule has 0 spiro atoms. The number of nitrogens with one attached hydrogen (secondary N) is 1. The van der Waals surface area contributed by atoms with Crippen LogP contribution in [-0.4, -0.2) is 17.6 Å². The Balaban J connectivity index is 1.89. The minimum absolute atomic E-state index is 0.543. The fourth-order valence-electron chi connectivity index (χ4n) is 2.18. The van der Waals surface area contributed by atoms with E-state index in [0.29, 0.717) is 11.5 Å². The first-order valence-corrected chi connectivity index (χ1v) is 6.75. The van der Waals surface area contributed by atoms with Crippen molar-refractivity contribution in [2.75, 3.05) is 6.54 Å². The van der Waals surface area contributed by atoms with E-state index in [4.69, 9.17) is 0 Å². The summed E-state index contributed by atoms with van der Waals surface area (Å²) < 4.78 is 0. The molecule has 84 valence electrons. The Hall–Kier alpha value is -0.410. The maximum atomic E-state index is 4.15. The van der Waals surface area contributed by atoms with Gasteiger partial charge in [-0.2, -0.15) is 0 Å². The van der Waals surface area contributed by atoms with Crippen LogP contribution in [0.2, 0.25) is 0 Å². The van der Waals surface area contributed by atoms with E-state index in [-0.39, 0.29) is 0 Å². The summed E-state index contributed by atoms with van der Waals surface area (Å²) in [5.74, 6) is 0. The molecule has 0 amide bonds. The van der Waals surface area contributed by atoms with E-state index >= 15 is 0 Å². The molecule has 0 radical (unpaired) electrons. The van der Waals surface area contributed by atoms with Crippen molar-refractivity contribution in [3.63, 3.8) is 0 Å². The van der Waals surface area contributed by atoms with Crippen LogP contribution in [0.25, 0.3) is 0 Å². The first kappa shape index (κ1) is 11.1. The van der Waals surface area contributed by atoms with Crippen molar-refractivity contribution >= 4 is 11.3 Å². The molecule has 1 heterocycles. The van der Waals surface area contributed by atoms with Gasteiger partial charge in [-0.3, -0.25) is 4.98 Å². The number of aromatic nitrogens is 1. The predicted molar refractivity (Wildman–Crippen MR) is 65.2 cm³/mol. The van der Waals surface area contributed by atoms with E-state index in [9.17, 15) is 0 Å². The van der Waals surface area contributed by atoms with Gasteiger partial charge in [-0.25, -0.2) is 0 Å². The van der Waals surface area contributed by atoms with E-state index in [2.05, 4.69) is 24.1 Å². The molecule has 15 heavy (non-hydrogen) atoms. The number of hydrogen-bond donors (Lipinski definition) is 1. The molecule has 2 rings (SSSR count). The molecule has 0 saturated heterocycles. The molecule has 1 aromatic heterocycles. The lowest BCUT2D eigenvalue weighted by molar-refractivity contribution is 0.352. The van der Waals surface area contributed by atoms with Crippen molar-refractivity contribution in [1.29, 1.82) is 0 Å². The van der Waals surface area contributed by atoms with Gasteiger partial charge in [0.15, 0.2) is 0 Å². The summed E-state index contributed by atoms with van der Waals surface area (Å²) >= 11 is 1.79. The lowest BCUT2D eigenvalue weighted by Crippen LogP contribution is -2.36. The van der Waals surface area contributed by atoms with Gasteiger partial charge in [0.25, 0.3) is 0 Å². The fraction of sp³-hybridized carbons (Fsp3) is 0.750. The maximum Gasteiger partial charge on any atom is 0.0794 e. The molecule has 0 bridgehead atoms. The zero-order chi connectivity index (χ0) is 10.7. The first-order valence-electron chi connectivity index (χ1n) is 5.87. The number of hydrogen-bond acceptors (Lipinski definition) is 3. The molecule has 1 atom stereocenters. The molecule has 1 saturated carbocycles. The summed E-state index contributed by atoms with van der Waals surface area (Å²) in [4.78, 5) is 5.60. The Kier molecular flexibility index (Phi) is 3.42. The highest BCUT2D eigenvalue weighted by atomic mass is 32.1. The highest BCUT2D eigenvalue weighted by Crippen LogP contribution is 2.51. The van der Waals surface area contributed by atoms with E-state index < -0.39 is 0 Å². The SMILES string of the molecule is CCCNC(C)C1(Cc2cncs2)CC1. The van der Waals surface area contributed by atoms with Crippen molar-refractivity contribution in [2.24, 2.45) is 5.41 Å². The summed E-state index contributed by atoms with van der Waals surface area (Å²) in [6.07, 6.45) is 7.22. The van der Waals surface area contributed by atoms with Crippen molar-refractivity contribution in [3.05, 3.63) is 16.6 Å². The summed E-state index contributed by atoms with van der Waals surface area (Å²) in [7, 11) is 0. The van der Waals surface area contributed by atoms with E-state index in [1.54, 1.807) is 11.3 Å². The lowest BCUT2D eigenvalue weighted by Gasteiger charge is -2.23. The molecular formula is C12H20N2S. The van der Waals surface area contributed by atoms with Crippen LogP contribution in [0.5, 0.6) is 0 Å². The minimum Gasteiger partial charge on any atom is -0.314 e. The Morgan fingerprint density at radius 1 is 1.60 bits per heavy atom. The van der Waals surface area contributed by atoms with Crippen molar-refractivity contribution < 1.29 is 0 Å². The standard InChI is InChI=1S/C12H20N2S/c1-3-6-14-10(2)12(4-5-12)7-11-8-13-9-15-11/h8-10,14H,3-7H2,1-2H3. The van der Waals surface area contributed by atoms with Crippen LogP contribution in [0, 0.1) is 5.41 Å². The van der Waals surface area contributed by atoms with Gasteiger partial charge in [0, 0.05) is 17.1 Å². The molecule has 1 aliphatic rings. The Morgan fingerprint density at radius 2 is 2.40 bits per heavy atom. The second-order valence-corrected chi connectivity index (χ2v) is 5.65. The molecule has 1 fully saturated rings. The van der Waals surface area contributed by atoms with Crippen LogP contribution in [0.4, 0.5) is 0 Å². The van der Waals surface area contributed by atoms with Crippen LogP contribution >= 0.6 is 11.3 Å². The maximum absolute atomic E-state index is 4.15. The third-order valence-electron chi connectivity index (χ3n) is 3.52. The summed E-state index contributed by atoms with van der Waals surface area (Å²) in [5, 5.41) is 3.63. The van der Waals surface area contributed by atoms with Crippen LogP contribution in [0.15, 0.2) is 11.7 Å². The third-order valence-corrected chi connectivity index (χ3v) is 4.30. The van der Waals surface area contributed by atoms with Gasteiger partial charge < -0.3 is 5.32 Å². The molecule has 1 N–H and O–H groups in total. The van der Waals surface area contributed by atoms with Crippen molar-refractivity contribution in [1.82, 2.24) is 10.3 Å². The highest BCUT2D eigenvalue weighted by molar-refractivity contribution is 7.09. The summed E-state index contributed by atoms with van der Waals surface area (Å²) in [6, 6.07) is 0.652. The normalized spacial score (nSPS) is 20.1. The average Bonchev–Trinajstić information content (AvgIpc) is 2.83. The van der Waals surface area contributed by atoms with E-state index in [1.807, 2.05) is 11.7 Å². The van der Waals surface area contributed by atoms with Crippen LogP contribution in [0.3, 0.4) is 0 Å². The minimum atomic E-state index is 0.543. The Labute approximate surface area is 96.1 Å². The van der Waals surface area contributed by atoms with Gasteiger partial charge in [0.05, 0.1) is 5.51 Å². The summed E-state index contributed by atoms with van der Waals surface area (Å²) in [6.45, 7) is 5.71. The average molecular weight is 224 g/mol. The van der Waals surface area contributed by atoms with E-state index in [0.717, 1.165) is 6.54 Å². The monoisotopic (exact) mass is 224 g/mol. The van der Waals surface area contributed by atoms with Crippen molar-refractivity contribution in [2.45, 2.75) is 45.6 Å². The molecule has 1 aromatic rings. The van der Waals surface area contributed by atoms with Crippen molar-refractivity contribution in [3.8, 4) is 0 Å². The molecule has 0 aliphatic heterocycles. The van der Waals surface area contributed by atoms with Gasteiger partial charge in [0.1, 0.15) is 0 Å². The van der Waals surface area contributed by atoms with Gasteiger partial charge in [-0.15, -0.1) is 11.3 Å². The number of rotatable bonds is 6. The van der Waals surface area contributed by atoms with Gasteiger partial charge in [0.2, 0.25) is 0 Å². The second-order valence-electron chi connectivity index (χ2n) is 4.68. The molecule has 1 aliphatic carbocycles. The largest absolute Gasteiger partial charge is 0.314 e. The second kappa shape index (κ2) is 4.62. The molecule has 3 heteroatoms. The summed E-state index contributed by atoms with van der Waals surface area (Å²) in [5.41, 5.74) is 2.48. The molecule has 2 nitrogen and oxygen atoms in total. The van der Waals surface area contributed by atoms with E-state index in [1.165, 1.54) is 30.6 Å². The first-order chi connectivity index (χ1) is 7.27. The predicted octanol–water partition coefficient (Wildman–Crippen LogP) is 2.85. The highest BCUT2D eigenvalue weighted by Gasteiger charge is 2.47. The topological polar surface area (TPSA) is 24.9 Å². The smallest absolute Gasteiger partial charge is 0.0794 e. The zero-order valence-electron chi connectivity index (χ0n) is 9.62. The number of thiazole rings is 1. The lowest BCUT2D eigenvalue weighted by atomic mass is 9.93. The van der Waals surface area contributed by atoms with Crippen LogP contribution in [0.1, 0.15) is 38.0 Å². The number of nitrogens with zero attached hydrogens (tertiary/aromatic N) is 1. The molecule has 1 unspecified atom stereocenters. The Morgan fingerprint density at radius 3 is 2.93 bits per heavy atom. The van der Waals surface area contributed by atoms with Gasteiger partial charge >= 0.3 is 0 Å². The molecular weight excluding hydrogens is 204 g/mol. The van der Waals surface area contributed by atoms with Gasteiger partial charge in [-0.05, 0) is 44.6 Å². The quantitative estimate of drug-likeness (QED) is 0.803. The zero-order valence-corrected chi connectivity index (χ0v) is 10.4. The third kappa shape index (κ3) is 2.58. The fourth-order valence-corrected chi connectivity index (χ4v) is 2.93. The molecule has 0 aromatic carbocycles. The van der Waals surface area contributed by atoms with Crippen LogP contribution in [-0.2, 0) is 6.42 Å². The van der Waals surface area contributed by atoms with Crippen LogP contribution < -0.4 is 5.32 Å². The van der Waals surface area contributed by atoms with Gasteiger partial charge in [-0.1, -0.05) is 6.92 Å². The Bertz CT molecular complexity index is 291.